The maximum Gasteiger partial charge on any atom is 0.00556 e. The van der Waals surface area contributed by atoms with Crippen LogP contribution in [0.15, 0.2) is 60.9 Å². The van der Waals surface area contributed by atoms with Crippen molar-refractivity contribution in [2.75, 3.05) is 14.1 Å². The van der Waals surface area contributed by atoms with E-state index in [1.807, 2.05) is 49.5 Å². The van der Waals surface area contributed by atoms with Crippen molar-refractivity contribution in [3.05, 3.63) is 60.9 Å². The molecule has 15 heavy (non-hydrogen) atoms. The second-order valence-corrected chi connectivity index (χ2v) is 3.46. The highest BCUT2D eigenvalue weighted by Gasteiger charge is 1.91. The van der Waals surface area contributed by atoms with Crippen LogP contribution in [0, 0.1) is 0 Å². The Kier molecular flexibility index (Phi) is 7.08. The SMILES string of the molecule is C=C/C(=C/CC)C(=C)/C=C\C=C/N(C)C. The summed E-state index contributed by atoms with van der Waals surface area (Å²) in [6, 6.07) is 0. The summed E-state index contributed by atoms with van der Waals surface area (Å²) >= 11 is 0. The van der Waals surface area contributed by atoms with Crippen LogP contribution in [0.5, 0.6) is 0 Å². The van der Waals surface area contributed by atoms with Crippen molar-refractivity contribution < 1.29 is 0 Å². The molecule has 1 heteroatoms. The lowest BCUT2D eigenvalue weighted by Crippen LogP contribution is -1.99. The molecule has 0 spiro atoms. The molecule has 0 aromatic heterocycles. The average molecular weight is 203 g/mol. The van der Waals surface area contributed by atoms with Crippen LogP contribution in [0.1, 0.15) is 13.3 Å². The molecule has 0 aliphatic rings. The quantitative estimate of drug-likeness (QED) is 0.595. The van der Waals surface area contributed by atoms with Crippen LogP contribution >= 0.6 is 0 Å². The Labute approximate surface area is 93.8 Å². The van der Waals surface area contributed by atoms with E-state index in [2.05, 4.69) is 26.2 Å². The zero-order valence-corrected chi connectivity index (χ0v) is 10.0. The highest BCUT2D eigenvalue weighted by molar-refractivity contribution is 5.44. The van der Waals surface area contributed by atoms with Crippen molar-refractivity contribution in [2.45, 2.75) is 13.3 Å². The number of rotatable bonds is 6. The fraction of sp³-hybridized carbons (Fsp3) is 0.286. The molecule has 0 bridgehead atoms. The first-order valence-electron chi connectivity index (χ1n) is 5.15. The van der Waals surface area contributed by atoms with Crippen LogP contribution < -0.4 is 0 Å². The van der Waals surface area contributed by atoms with Crippen LogP contribution in [-0.4, -0.2) is 19.0 Å². The van der Waals surface area contributed by atoms with Gasteiger partial charge in [0, 0.05) is 14.1 Å². The Morgan fingerprint density at radius 2 is 1.93 bits per heavy atom. The predicted molar refractivity (Wildman–Crippen MR) is 69.7 cm³/mol. The van der Waals surface area contributed by atoms with Crippen LogP contribution in [0.2, 0.25) is 0 Å². The standard InChI is InChI=1S/C14H21N/c1-6-10-14(7-2)13(3)11-8-9-12-15(4)5/h7-12H,2-3,6H2,1,4-5H3/b11-8-,12-9-,14-10-. The second kappa shape index (κ2) is 7.86. The average Bonchev–Trinajstić information content (AvgIpc) is 2.20. The molecule has 0 aromatic rings. The normalized spacial score (nSPS) is 12.3. The second-order valence-electron chi connectivity index (χ2n) is 3.46. The van der Waals surface area contributed by atoms with Gasteiger partial charge in [-0.2, -0.15) is 0 Å². The first-order chi connectivity index (χ1) is 7.11. The van der Waals surface area contributed by atoms with Crippen LogP contribution in [0.25, 0.3) is 0 Å². The minimum absolute atomic E-state index is 0.996. The summed E-state index contributed by atoms with van der Waals surface area (Å²) in [6.07, 6.45) is 12.9. The van der Waals surface area contributed by atoms with Crippen molar-refractivity contribution in [1.29, 1.82) is 0 Å². The van der Waals surface area contributed by atoms with Gasteiger partial charge >= 0.3 is 0 Å². The Morgan fingerprint density at radius 1 is 1.27 bits per heavy atom. The molecule has 0 aromatic carbocycles. The van der Waals surface area contributed by atoms with Gasteiger partial charge in [-0.15, -0.1) is 0 Å². The lowest BCUT2D eigenvalue weighted by Gasteiger charge is -2.02. The van der Waals surface area contributed by atoms with Crippen molar-refractivity contribution in [1.82, 2.24) is 4.90 Å². The van der Waals surface area contributed by atoms with Crippen LogP contribution in [-0.2, 0) is 0 Å². The third-order valence-electron chi connectivity index (χ3n) is 1.81. The van der Waals surface area contributed by atoms with Gasteiger partial charge in [-0.3, -0.25) is 0 Å². The number of hydrogen-bond acceptors (Lipinski definition) is 1. The molecular weight excluding hydrogens is 182 g/mol. The molecule has 1 nitrogen and oxygen atoms in total. The van der Waals surface area contributed by atoms with Crippen molar-refractivity contribution in [3.8, 4) is 0 Å². The zero-order valence-electron chi connectivity index (χ0n) is 10.0. The number of allylic oxidation sites excluding steroid dienone is 7. The molecule has 0 saturated heterocycles. The molecule has 82 valence electrons. The molecule has 0 rings (SSSR count). The Hall–Kier alpha value is -1.50. The number of nitrogens with zero attached hydrogens (tertiary/aromatic N) is 1. The molecule has 0 unspecified atom stereocenters. The first kappa shape index (κ1) is 13.5. The molecule has 0 aliphatic heterocycles. The molecule has 0 radical (unpaired) electrons. The van der Waals surface area contributed by atoms with Crippen LogP contribution in [0.3, 0.4) is 0 Å². The van der Waals surface area contributed by atoms with E-state index >= 15 is 0 Å². The zero-order chi connectivity index (χ0) is 11.7. The van der Waals surface area contributed by atoms with Gasteiger partial charge in [-0.05, 0) is 29.8 Å². The molecule has 0 N–H and O–H groups in total. The van der Waals surface area contributed by atoms with E-state index in [1.54, 1.807) is 0 Å². The van der Waals surface area contributed by atoms with E-state index in [0.29, 0.717) is 0 Å². The summed E-state index contributed by atoms with van der Waals surface area (Å²) in [4.78, 5) is 1.99. The van der Waals surface area contributed by atoms with Gasteiger partial charge in [0.1, 0.15) is 0 Å². The largest absolute Gasteiger partial charge is 0.383 e. The summed E-state index contributed by atoms with van der Waals surface area (Å²) in [5.74, 6) is 0. The minimum Gasteiger partial charge on any atom is -0.383 e. The highest BCUT2D eigenvalue weighted by Crippen LogP contribution is 2.11. The smallest absolute Gasteiger partial charge is 0.00556 e. The molecule has 0 aliphatic carbocycles. The summed E-state index contributed by atoms with van der Waals surface area (Å²) < 4.78 is 0. The Bertz CT molecular complexity index is 290. The van der Waals surface area contributed by atoms with Gasteiger partial charge < -0.3 is 4.90 Å². The van der Waals surface area contributed by atoms with Crippen molar-refractivity contribution >= 4 is 0 Å². The maximum atomic E-state index is 3.99. The lowest BCUT2D eigenvalue weighted by molar-refractivity contribution is 0.564. The summed E-state index contributed by atoms with van der Waals surface area (Å²) in [5, 5.41) is 0. The summed E-state index contributed by atoms with van der Waals surface area (Å²) in [7, 11) is 3.98. The van der Waals surface area contributed by atoms with E-state index in [-0.39, 0.29) is 0 Å². The van der Waals surface area contributed by atoms with E-state index in [4.69, 9.17) is 0 Å². The minimum atomic E-state index is 0.996. The fourth-order valence-corrected chi connectivity index (χ4v) is 1.06. The van der Waals surface area contributed by atoms with E-state index in [9.17, 15) is 0 Å². The number of hydrogen-bond donors (Lipinski definition) is 0. The van der Waals surface area contributed by atoms with Gasteiger partial charge in [-0.1, -0.05) is 44.4 Å². The highest BCUT2D eigenvalue weighted by atomic mass is 15.0. The topological polar surface area (TPSA) is 3.24 Å². The Morgan fingerprint density at radius 3 is 2.40 bits per heavy atom. The van der Waals surface area contributed by atoms with Crippen LogP contribution in [0.4, 0.5) is 0 Å². The van der Waals surface area contributed by atoms with E-state index in [1.165, 1.54) is 0 Å². The molecule has 0 fully saturated rings. The van der Waals surface area contributed by atoms with Gasteiger partial charge in [0.2, 0.25) is 0 Å². The molecule has 0 amide bonds. The molecule has 0 atom stereocenters. The summed E-state index contributed by atoms with van der Waals surface area (Å²) in [6.45, 7) is 9.86. The third-order valence-corrected chi connectivity index (χ3v) is 1.81. The van der Waals surface area contributed by atoms with Gasteiger partial charge in [0.25, 0.3) is 0 Å². The van der Waals surface area contributed by atoms with Gasteiger partial charge in [-0.25, -0.2) is 0 Å². The fourth-order valence-electron chi connectivity index (χ4n) is 1.06. The first-order valence-corrected chi connectivity index (χ1v) is 5.15. The molecular formula is C14H21N. The third kappa shape index (κ3) is 6.55. The van der Waals surface area contributed by atoms with Gasteiger partial charge in [0.15, 0.2) is 0 Å². The Balaban J connectivity index is 4.35. The maximum absolute atomic E-state index is 3.99. The van der Waals surface area contributed by atoms with Crippen molar-refractivity contribution in [2.24, 2.45) is 0 Å². The monoisotopic (exact) mass is 203 g/mol. The summed E-state index contributed by atoms with van der Waals surface area (Å²) in [5.41, 5.74) is 2.10. The predicted octanol–water partition coefficient (Wildman–Crippen LogP) is 3.70. The lowest BCUT2D eigenvalue weighted by atomic mass is 10.1. The van der Waals surface area contributed by atoms with Crippen molar-refractivity contribution in [3.63, 3.8) is 0 Å². The van der Waals surface area contributed by atoms with Gasteiger partial charge in [0.05, 0.1) is 0 Å². The van der Waals surface area contributed by atoms with E-state index in [0.717, 1.165) is 17.6 Å². The molecule has 0 heterocycles. The van der Waals surface area contributed by atoms with E-state index < -0.39 is 0 Å². The molecule has 0 saturated carbocycles.